The highest BCUT2D eigenvalue weighted by Gasteiger charge is 2.27. The van der Waals surface area contributed by atoms with Crippen molar-refractivity contribution in [2.45, 2.75) is 250 Å². The van der Waals surface area contributed by atoms with Gasteiger partial charge in [-0.05, 0) is 19.3 Å². The molecule has 0 aliphatic carbocycles. The predicted octanol–water partition coefficient (Wildman–Crippen LogP) is 12.1. The number of rotatable bonds is 44. The fraction of sp³-hybridized carbons (Fsp3) is 0.933. The van der Waals surface area contributed by atoms with Crippen molar-refractivity contribution >= 4 is 13.7 Å². The Balaban J connectivity index is 4.23. The number of hydrogen-bond acceptors (Lipinski definition) is 7. The van der Waals surface area contributed by atoms with Gasteiger partial charge < -0.3 is 26.2 Å². The summed E-state index contributed by atoms with van der Waals surface area (Å²) in [5.41, 5.74) is 5.37. The van der Waals surface area contributed by atoms with Crippen molar-refractivity contribution in [1.29, 1.82) is 0 Å². The molecule has 0 aromatic rings. The van der Waals surface area contributed by atoms with Gasteiger partial charge in [-0.25, -0.2) is 4.57 Å². The molecular weight excluding hydrogens is 711 g/mol. The number of carbonyl (C=O) groups excluding carboxylic acids is 1. The second kappa shape index (κ2) is 41.4. The van der Waals surface area contributed by atoms with Gasteiger partial charge in [-0.1, -0.05) is 219 Å². The molecule has 6 N–H and O–H groups in total. The lowest BCUT2D eigenvalue weighted by Crippen LogP contribution is -2.46. The first kappa shape index (κ1) is 54.2. The Morgan fingerprint density at radius 3 is 1.40 bits per heavy atom. The van der Waals surface area contributed by atoms with Gasteiger partial charge in [0.15, 0.2) is 0 Å². The smallest absolute Gasteiger partial charge is 0.393 e. The van der Waals surface area contributed by atoms with E-state index >= 15 is 0 Å². The van der Waals surface area contributed by atoms with Crippen LogP contribution in [0, 0.1) is 0 Å². The second-order valence-electron chi connectivity index (χ2n) is 16.2. The third kappa shape index (κ3) is 39.8. The number of nitrogens with two attached hydrogens (primary N) is 1. The zero-order chi connectivity index (χ0) is 40.5. The van der Waals surface area contributed by atoms with Gasteiger partial charge in [-0.2, -0.15) is 0 Å². The molecule has 9 nitrogen and oxygen atoms in total. The molecule has 0 radical (unpaired) electrons. The number of unbranched alkanes of at least 4 members (excludes halogenated alkanes) is 30. The summed E-state index contributed by atoms with van der Waals surface area (Å²) in [5, 5.41) is 24.1. The van der Waals surface area contributed by atoms with Crippen LogP contribution >= 0.6 is 7.82 Å². The number of hydrogen-bond donors (Lipinski definition) is 5. The van der Waals surface area contributed by atoms with Crippen LogP contribution in [0.1, 0.15) is 232 Å². The van der Waals surface area contributed by atoms with E-state index in [1.165, 1.54) is 167 Å². The summed E-state index contributed by atoms with van der Waals surface area (Å²) in [6.07, 6.45) is 42.9. The molecule has 1 amide bonds. The quantitative estimate of drug-likeness (QED) is 0.0232. The Morgan fingerprint density at radius 1 is 0.618 bits per heavy atom. The van der Waals surface area contributed by atoms with Gasteiger partial charge in [-0.3, -0.25) is 13.8 Å². The summed E-state index contributed by atoms with van der Waals surface area (Å²) in [6, 6.07) is -0.977. The molecule has 0 fully saturated rings. The van der Waals surface area contributed by atoms with Crippen molar-refractivity contribution < 1.29 is 33.5 Å². The molecule has 0 bridgehead atoms. The normalized spacial score (nSPS) is 14.7. The van der Waals surface area contributed by atoms with Crippen LogP contribution in [-0.2, 0) is 18.4 Å². The van der Waals surface area contributed by atoms with Crippen molar-refractivity contribution in [1.82, 2.24) is 5.32 Å². The maximum atomic E-state index is 12.8. The van der Waals surface area contributed by atoms with E-state index in [1.54, 1.807) is 6.08 Å². The highest BCUT2D eigenvalue weighted by molar-refractivity contribution is 7.47. The lowest BCUT2D eigenvalue weighted by atomic mass is 10.0. The highest BCUT2D eigenvalue weighted by atomic mass is 31.2. The van der Waals surface area contributed by atoms with Gasteiger partial charge in [0.05, 0.1) is 37.9 Å². The molecule has 0 saturated carbocycles. The summed E-state index contributed by atoms with van der Waals surface area (Å²) < 4.78 is 22.1. The average molecular weight is 803 g/mol. The van der Waals surface area contributed by atoms with Crippen LogP contribution in [0.5, 0.6) is 0 Å². The van der Waals surface area contributed by atoms with Crippen molar-refractivity contribution in [3.63, 3.8) is 0 Å². The van der Waals surface area contributed by atoms with Crippen LogP contribution in [0.15, 0.2) is 12.2 Å². The highest BCUT2D eigenvalue weighted by Crippen LogP contribution is 2.43. The first-order valence-electron chi connectivity index (χ1n) is 23.4. The van der Waals surface area contributed by atoms with Gasteiger partial charge in [-0.15, -0.1) is 0 Å². The molecule has 0 aromatic heterocycles. The van der Waals surface area contributed by atoms with Crippen molar-refractivity contribution in [3.05, 3.63) is 12.2 Å². The molecule has 4 atom stereocenters. The number of allylic oxidation sites excluding steroid dienone is 1. The van der Waals surface area contributed by atoms with Crippen molar-refractivity contribution in [2.24, 2.45) is 5.73 Å². The van der Waals surface area contributed by atoms with Gasteiger partial charge in [0.25, 0.3) is 0 Å². The van der Waals surface area contributed by atoms with E-state index in [0.29, 0.717) is 6.42 Å². The number of aliphatic hydroxyl groups is 2. The minimum atomic E-state index is -4.40. The van der Waals surface area contributed by atoms with Gasteiger partial charge in [0.1, 0.15) is 0 Å². The summed E-state index contributed by atoms with van der Waals surface area (Å²) in [4.78, 5) is 22.8. The van der Waals surface area contributed by atoms with Crippen LogP contribution in [0.25, 0.3) is 0 Å². The number of nitrogens with one attached hydrogen (secondary N) is 1. The van der Waals surface area contributed by atoms with Gasteiger partial charge in [0, 0.05) is 6.54 Å². The summed E-state index contributed by atoms with van der Waals surface area (Å²) in [7, 11) is -4.40. The van der Waals surface area contributed by atoms with E-state index in [9.17, 15) is 24.5 Å². The van der Waals surface area contributed by atoms with Crippen LogP contribution in [0.3, 0.4) is 0 Å². The molecule has 10 heteroatoms. The fourth-order valence-electron chi connectivity index (χ4n) is 7.12. The molecule has 55 heavy (non-hydrogen) atoms. The predicted molar refractivity (Wildman–Crippen MR) is 232 cm³/mol. The Labute approximate surface area is 339 Å². The number of phosphoric acid groups is 1. The summed E-state index contributed by atoms with van der Waals surface area (Å²) in [6.45, 7) is 4.00. The van der Waals surface area contributed by atoms with Crippen LogP contribution in [-0.4, -0.2) is 59.0 Å². The lowest BCUT2D eigenvalue weighted by Gasteiger charge is -2.24. The number of carbonyl (C=O) groups is 1. The number of aliphatic hydroxyl groups excluding tert-OH is 2. The molecule has 0 aliphatic heterocycles. The molecule has 0 aromatic carbocycles. The molecule has 0 aliphatic rings. The third-order valence-corrected chi connectivity index (χ3v) is 11.7. The lowest BCUT2D eigenvalue weighted by molar-refractivity contribution is -0.124. The van der Waals surface area contributed by atoms with Crippen molar-refractivity contribution in [2.75, 3.05) is 19.8 Å². The summed E-state index contributed by atoms with van der Waals surface area (Å²) >= 11 is 0. The van der Waals surface area contributed by atoms with Crippen molar-refractivity contribution in [3.8, 4) is 0 Å². The van der Waals surface area contributed by atoms with E-state index in [2.05, 4.69) is 19.2 Å². The first-order chi connectivity index (χ1) is 26.8. The Bertz CT molecular complexity index is 893. The van der Waals surface area contributed by atoms with Crippen LogP contribution in [0.4, 0.5) is 0 Å². The minimum Gasteiger partial charge on any atom is -0.393 e. The fourth-order valence-corrected chi connectivity index (χ4v) is 7.88. The monoisotopic (exact) mass is 803 g/mol. The molecule has 0 spiro atoms. The zero-order valence-corrected chi connectivity index (χ0v) is 36.9. The molecule has 0 rings (SSSR count). The third-order valence-electron chi connectivity index (χ3n) is 10.7. The Kier molecular flexibility index (Phi) is 40.8. The van der Waals surface area contributed by atoms with E-state index in [4.69, 9.17) is 14.8 Å². The maximum Gasteiger partial charge on any atom is 0.472 e. The minimum absolute atomic E-state index is 0.0516. The second-order valence-corrected chi connectivity index (χ2v) is 17.6. The van der Waals surface area contributed by atoms with E-state index in [1.807, 2.05) is 6.08 Å². The van der Waals surface area contributed by atoms with Gasteiger partial charge >= 0.3 is 7.82 Å². The average Bonchev–Trinajstić information content (AvgIpc) is 3.16. The maximum absolute atomic E-state index is 12.8. The SMILES string of the molecule is CCCCCCCCCCCCCCC/C=C/C(O)C(COP(=O)(O)OCCN)NC(=O)CC(O)CCCCCCCCCCCCCCCCCCCC. The van der Waals surface area contributed by atoms with E-state index in [-0.39, 0.29) is 19.6 Å². The molecule has 4 unspecified atom stereocenters. The van der Waals surface area contributed by atoms with Crippen LogP contribution in [0.2, 0.25) is 0 Å². The Morgan fingerprint density at radius 2 is 1.00 bits per heavy atom. The molecular formula is C45H91N2O7P. The summed E-state index contributed by atoms with van der Waals surface area (Å²) in [5.74, 6) is -0.442. The Hall–Kier alpha value is -0.800. The standard InChI is InChI=1S/C45H91N2O7P/c1-3-5-7-9-11-13-15-17-19-20-21-23-24-26-28-30-32-34-36-42(48)40-45(50)47-43(41-54-55(51,52)53-39-38-46)44(49)37-35-33-31-29-27-25-22-18-16-14-12-10-8-6-4-2/h35,37,42-44,48-49H,3-34,36,38-41,46H2,1-2H3,(H,47,50)(H,51,52)/b37-35+. The first-order valence-corrected chi connectivity index (χ1v) is 24.9. The molecule has 0 heterocycles. The topological polar surface area (TPSA) is 151 Å². The zero-order valence-electron chi connectivity index (χ0n) is 36.0. The number of amides is 1. The number of phosphoric ester groups is 1. The van der Waals surface area contributed by atoms with E-state index < -0.39 is 38.6 Å². The van der Waals surface area contributed by atoms with Gasteiger partial charge in [0.2, 0.25) is 5.91 Å². The largest absolute Gasteiger partial charge is 0.472 e. The molecule has 328 valence electrons. The van der Waals surface area contributed by atoms with Crippen LogP contribution < -0.4 is 11.1 Å². The molecule has 0 saturated heterocycles. The van der Waals surface area contributed by atoms with E-state index in [0.717, 1.165) is 38.5 Å².